The molecule has 4 nitrogen and oxygen atoms in total. The van der Waals surface area contributed by atoms with Crippen molar-refractivity contribution in [3.63, 3.8) is 0 Å². The number of H-pyrrole nitrogens is 1. The van der Waals surface area contributed by atoms with Crippen LogP contribution in [0, 0.1) is 0 Å². The van der Waals surface area contributed by atoms with Crippen LogP contribution in [0.2, 0.25) is 0 Å². The van der Waals surface area contributed by atoms with E-state index in [9.17, 15) is 4.79 Å². The fraction of sp³-hybridized carbons (Fsp3) is 0.0385. The number of hydrogen-bond donors (Lipinski definition) is 1. The van der Waals surface area contributed by atoms with Crippen molar-refractivity contribution in [3.8, 4) is 11.4 Å². The monoisotopic (exact) mass is 472 g/mol. The van der Waals surface area contributed by atoms with E-state index in [0.717, 1.165) is 32.6 Å². The Morgan fingerprint density at radius 2 is 1.68 bits per heavy atom. The van der Waals surface area contributed by atoms with Gasteiger partial charge in [-0.05, 0) is 53.1 Å². The van der Waals surface area contributed by atoms with Gasteiger partial charge >= 0.3 is 0 Å². The Labute approximate surface area is 188 Å². The molecule has 1 heterocycles. The number of methoxy groups -OCH3 is 1. The second-order valence-corrected chi connectivity index (χ2v) is 7.88. The van der Waals surface area contributed by atoms with Gasteiger partial charge in [0.15, 0.2) is 0 Å². The van der Waals surface area contributed by atoms with Crippen molar-refractivity contribution in [2.45, 2.75) is 0 Å². The van der Waals surface area contributed by atoms with Crippen LogP contribution in [0.25, 0.3) is 23.9 Å². The summed E-state index contributed by atoms with van der Waals surface area (Å²) in [5.41, 5.74) is 3.34. The largest absolute Gasteiger partial charge is 0.497 e. The number of allylic oxidation sites excluding steroid dienone is 1. The maximum absolute atomic E-state index is 13.4. The summed E-state index contributed by atoms with van der Waals surface area (Å²) in [5, 5.41) is 4.22. The van der Waals surface area contributed by atoms with Crippen molar-refractivity contribution in [2.75, 3.05) is 7.11 Å². The number of ether oxygens (including phenoxy) is 1. The molecule has 0 atom stereocenters. The van der Waals surface area contributed by atoms with Crippen molar-refractivity contribution in [1.82, 2.24) is 9.78 Å². The zero-order chi connectivity index (χ0) is 21.8. The lowest BCUT2D eigenvalue weighted by Crippen LogP contribution is -2.36. The highest BCUT2D eigenvalue weighted by atomic mass is 79.9. The number of benzene rings is 3. The molecule has 154 valence electrons. The van der Waals surface area contributed by atoms with Crippen molar-refractivity contribution in [3.05, 3.63) is 121 Å². The molecule has 0 radical (unpaired) electrons. The van der Waals surface area contributed by atoms with E-state index in [1.807, 2.05) is 91.0 Å². The van der Waals surface area contributed by atoms with Gasteiger partial charge in [0.25, 0.3) is 5.56 Å². The predicted octanol–water partition coefficient (Wildman–Crippen LogP) is 4.26. The number of aromatic amines is 1. The highest BCUT2D eigenvalue weighted by Gasteiger charge is 2.10. The number of halogens is 1. The summed E-state index contributed by atoms with van der Waals surface area (Å²) in [6.07, 6.45) is 3.94. The van der Waals surface area contributed by atoms with E-state index in [0.29, 0.717) is 10.6 Å². The van der Waals surface area contributed by atoms with Gasteiger partial charge in [-0.25, -0.2) is 4.68 Å². The van der Waals surface area contributed by atoms with E-state index in [4.69, 9.17) is 4.74 Å². The van der Waals surface area contributed by atoms with Gasteiger partial charge in [0, 0.05) is 4.47 Å². The molecular weight excluding hydrogens is 452 g/mol. The molecule has 5 heteroatoms. The van der Waals surface area contributed by atoms with Crippen LogP contribution in [0.5, 0.6) is 5.75 Å². The molecule has 0 saturated heterocycles. The van der Waals surface area contributed by atoms with E-state index in [1.54, 1.807) is 7.11 Å². The average Bonchev–Trinajstić information content (AvgIpc) is 3.10. The molecule has 1 aromatic heterocycles. The van der Waals surface area contributed by atoms with Crippen molar-refractivity contribution < 1.29 is 4.74 Å². The highest BCUT2D eigenvalue weighted by Crippen LogP contribution is 2.19. The van der Waals surface area contributed by atoms with Crippen LogP contribution in [-0.4, -0.2) is 16.9 Å². The molecule has 0 bridgehead atoms. The topological polar surface area (TPSA) is 47.0 Å². The SMILES string of the molecule is C=c1[nH]n(-c2ccccc2)c(=O)/c1=C(\C=C\c1ccc(OC)cc1)c1ccc(Br)cc1. The van der Waals surface area contributed by atoms with Crippen LogP contribution in [0.3, 0.4) is 0 Å². The van der Waals surface area contributed by atoms with Gasteiger partial charge < -0.3 is 4.74 Å². The molecule has 0 spiro atoms. The summed E-state index contributed by atoms with van der Waals surface area (Å²) in [7, 11) is 1.64. The molecular formula is C26H21BrN2O2. The molecule has 1 N–H and O–H groups in total. The van der Waals surface area contributed by atoms with Crippen LogP contribution in [0.4, 0.5) is 0 Å². The standard InChI is InChI=1S/C26H21BrN2O2/c1-18-25(26(30)29(28-18)22-6-4-3-5-7-22)24(20-11-13-21(27)14-12-20)17-10-19-8-15-23(31-2)16-9-19/h3-17,28H,1H2,2H3/b17-10+,25-24+. The van der Waals surface area contributed by atoms with Crippen molar-refractivity contribution in [1.29, 1.82) is 0 Å². The Balaban J connectivity index is 1.92. The number of nitrogens with zero attached hydrogens (tertiary/aromatic N) is 1. The minimum absolute atomic E-state index is 0.145. The first kappa shape index (κ1) is 20.7. The van der Waals surface area contributed by atoms with Gasteiger partial charge in [-0.3, -0.25) is 9.89 Å². The molecule has 0 aliphatic carbocycles. The smallest absolute Gasteiger partial charge is 0.279 e. The quantitative estimate of drug-likeness (QED) is 0.471. The molecule has 0 saturated carbocycles. The third-order valence-electron chi connectivity index (χ3n) is 4.96. The van der Waals surface area contributed by atoms with Crippen LogP contribution in [-0.2, 0) is 0 Å². The summed E-state index contributed by atoms with van der Waals surface area (Å²) >= 11 is 3.48. The molecule has 0 amide bonds. The summed E-state index contributed by atoms with van der Waals surface area (Å²) in [5.74, 6) is 0.797. The first-order valence-corrected chi connectivity index (χ1v) is 10.5. The fourth-order valence-electron chi connectivity index (χ4n) is 3.37. The van der Waals surface area contributed by atoms with Crippen LogP contribution in [0.1, 0.15) is 11.1 Å². The fourth-order valence-corrected chi connectivity index (χ4v) is 3.63. The van der Waals surface area contributed by atoms with E-state index in [1.165, 1.54) is 4.68 Å². The number of hydrogen-bond acceptors (Lipinski definition) is 2. The van der Waals surface area contributed by atoms with E-state index >= 15 is 0 Å². The lowest BCUT2D eigenvalue weighted by molar-refractivity contribution is 0.415. The van der Waals surface area contributed by atoms with Gasteiger partial charge in [0.1, 0.15) is 5.75 Å². The minimum atomic E-state index is -0.145. The van der Waals surface area contributed by atoms with Crippen molar-refractivity contribution >= 4 is 34.2 Å². The maximum atomic E-state index is 13.4. The van der Waals surface area contributed by atoms with Crippen LogP contribution >= 0.6 is 15.9 Å². The predicted molar refractivity (Wildman–Crippen MR) is 130 cm³/mol. The molecule has 4 aromatic rings. The average molecular weight is 473 g/mol. The third kappa shape index (κ3) is 4.47. The molecule has 0 fully saturated rings. The van der Waals surface area contributed by atoms with Crippen LogP contribution in [0.15, 0.2) is 94.2 Å². The Hall–Kier alpha value is -3.57. The summed E-state index contributed by atoms with van der Waals surface area (Å²) < 4.78 is 7.73. The zero-order valence-corrected chi connectivity index (χ0v) is 18.6. The van der Waals surface area contributed by atoms with Gasteiger partial charge in [-0.2, -0.15) is 0 Å². The molecule has 31 heavy (non-hydrogen) atoms. The van der Waals surface area contributed by atoms with E-state index < -0.39 is 0 Å². The molecule has 0 aliphatic heterocycles. The summed E-state index contributed by atoms with van der Waals surface area (Å²) in [6, 6.07) is 25.1. The summed E-state index contributed by atoms with van der Waals surface area (Å²) in [4.78, 5) is 13.4. The van der Waals surface area contributed by atoms with E-state index in [-0.39, 0.29) is 5.56 Å². The van der Waals surface area contributed by atoms with Gasteiger partial charge in [-0.1, -0.05) is 77.1 Å². The van der Waals surface area contributed by atoms with Crippen molar-refractivity contribution in [2.24, 2.45) is 0 Å². The number of nitrogens with one attached hydrogen (secondary N) is 1. The lowest BCUT2D eigenvalue weighted by Gasteiger charge is -2.03. The maximum Gasteiger partial charge on any atom is 0.279 e. The van der Waals surface area contributed by atoms with E-state index in [2.05, 4.69) is 27.6 Å². The van der Waals surface area contributed by atoms with Gasteiger partial charge in [-0.15, -0.1) is 0 Å². The van der Waals surface area contributed by atoms with Gasteiger partial charge in [0.2, 0.25) is 0 Å². The minimum Gasteiger partial charge on any atom is -0.497 e. The normalized spacial score (nSPS) is 12.2. The molecule has 0 aliphatic rings. The number of aromatic nitrogens is 2. The second-order valence-electron chi connectivity index (χ2n) is 6.97. The van der Waals surface area contributed by atoms with Gasteiger partial charge in [0.05, 0.1) is 23.4 Å². The first-order valence-electron chi connectivity index (χ1n) is 9.74. The lowest BCUT2D eigenvalue weighted by atomic mass is 10.0. The zero-order valence-electron chi connectivity index (χ0n) is 17.0. The summed E-state index contributed by atoms with van der Waals surface area (Å²) in [6.45, 7) is 4.11. The molecule has 4 rings (SSSR count). The number of rotatable bonds is 5. The Morgan fingerprint density at radius 3 is 2.32 bits per heavy atom. The Kier molecular flexibility index (Phi) is 6.05. The Morgan fingerprint density at radius 1 is 1.00 bits per heavy atom. The second kappa shape index (κ2) is 9.06. The Bertz CT molecular complexity index is 1380. The van der Waals surface area contributed by atoms with Crippen LogP contribution < -0.4 is 20.9 Å². The first-order chi connectivity index (χ1) is 15.1. The molecule has 0 unspecified atom stereocenters. The molecule has 3 aromatic carbocycles. The highest BCUT2D eigenvalue weighted by molar-refractivity contribution is 9.10. The number of para-hydroxylation sites is 1. The third-order valence-corrected chi connectivity index (χ3v) is 5.49.